The zero-order valence-corrected chi connectivity index (χ0v) is 22.9. The highest BCUT2D eigenvalue weighted by Crippen LogP contribution is 2.11. The van der Waals surface area contributed by atoms with Crippen LogP contribution in [0.2, 0.25) is 0 Å². The second kappa shape index (κ2) is 16.8. The number of aromatic hydroxyl groups is 1. The van der Waals surface area contributed by atoms with E-state index >= 15 is 0 Å². The number of hydrogen-bond donors (Lipinski definition) is 7. The fraction of sp³-hybridized carbons (Fsp3) is 0.370. The van der Waals surface area contributed by atoms with E-state index in [0.29, 0.717) is 5.75 Å². The highest BCUT2D eigenvalue weighted by atomic mass is 32.2. The van der Waals surface area contributed by atoms with E-state index in [1.54, 1.807) is 42.5 Å². The average Bonchev–Trinajstić information content (AvgIpc) is 2.93. The minimum Gasteiger partial charge on any atom is -0.508 e. The Morgan fingerprint density at radius 1 is 0.800 bits per heavy atom. The van der Waals surface area contributed by atoms with Gasteiger partial charge < -0.3 is 37.2 Å². The molecule has 0 spiro atoms. The summed E-state index contributed by atoms with van der Waals surface area (Å²) in [4.78, 5) is 61.5. The Bertz CT molecular complexity index is 1150. The molecule has 0 saturated carbocycles. The third-order valence-electron chi connectivity index (χ3n) is 5.76. The molecular weight excluding hydrogens is 538 g/mol. The molecule has 216 valence electrons. The summed E-state index contributed by atoms with van der Waals surface area (Å²) < 4.78 is 0. The van der Waals surface area contributed by atoms with Crippen LogP contribution in [0.1, 0.15) is 17.5 Å². The van der Waals surface area contributed by atoms with Crippen LogP contribution in [-0.4, -0.2) is 83.0 Å². The monoisotopic (exact) mass is 573 g/mol. The molecule has 0 aliphatic heterocycles. The molecular formula is C27H35N5O7S. The first-order valence-corrected chi connectivity index (χ1v) is 13.9. The summed E-state index contributed by atoms with van der Waals surface area (Å²) in [5.41, 5.74) is 7.35. The molecule has 40 heavy (non-hydrogen) atoms. The molecule has 0 fully saturated rings. The van der Waals surface area contributed by atoms with Gasteiger partial charge in [0.05, 0.1) is 19.1 Å². The smallest absolute Gasteiger partial charge is 0.326 e. The molecule has 2 rings (SSSR count). The maximum Gasteiger partial charge on any atom is 0.326 e. The summed E-state index contributed by atoms with van der Waals surface area (Å²) in [6, 6.07) is 12.0. The van der Waals surface area contributed by atoms with E-state index < -0.39 is 60.8 Å². The summed E-state index contributed by atoms with van der Waals surface area (Å²) in [6.07, 6.45) is 2.34. The molecule has 2 aromatic rings. The number of amides is 4. The van der Waals surface area contributed by atoms with Gasteiger partial charge in [-0.25, -0.2) is 4.79 Å². The van der Waals surface area contributed by atoms with Crippen molar-refractivity contribution in [3.63, 3.8) is 0 Å². The van der Waals surface area contributed by atoms with Crippen LogP contribution in [-0.2, 0) is 36.8 Å². The van der Waals surface area contributed by atoms with Gasteiger partial charge in [0, 0.05) is 6.42 Å². The van der Waals surface area contributed by atoms with Crippen molar-refractivity contribution in [1.82, 2.24) is 21.3 Å². The topological polar surface area (TPSA) is 200 Å². The third-order valence-corrected chi connectivity index (χ3v) is 6.40. The van der Waals surface area contributed by atoms with Crippen LogP contribution in [0.25, 0.3) is 0 Å². The molecule has 0 aliphatic rings. The molecule has 13 heteroatoms. The van der Waals surface area contributed by atoms with Crippen LogP contribution < -0.4 is 27.0 Å². The molecule has 0 heterocycles. The highest BCUT2D eigenvalue weighted by Gasteiger charge is 2.27. The lowest BCUT2D eigenvalue weighted by atomic mass is 10.0. The number of carbonyl (C=O) groups is 5. The van der Waals surface area contributed by atoms with Crippen LogP contribution >= 0.6 is 11.8 Å². The van der Waals surface area contributed by atoms with Gasteiger partial charge in [-0.2, -0.15) is 11.8 Å². The van der Waals surface area contributed by atoms with Gasteiger partial charge in [0.2, 0.25) is 23.6 Å². The van der Waals surface area contributed by atoms with Crippen molar-refractivity contribution in [3.8, 4) is 5.75 Å². The second-order valence-electron chi connectivity index (χ2n) is 8.96. The van der Waals surface area contributed by atoms with Gasteiger partial charge in [0.25, 0.3) is 0 Å². The van der Waals surface area contributed by atoms with E-state index in [1.807, 2.05) is 6.26 Å². The van der Waals surface area contributed by atoms with E-state index in [1.165, 1.54) is 23.9 Å². The molecule has 0 aromatic heterocycles. The van der Waals surface area contributed by atoms with E-state index in [9.17, 15) is 34.2 Å². The molecule has 0 saturated heterocycles. The summed E-state index contributed by atoms with van der Waals surface area (Å²) in [5.74, 6) is -3.11. The normalized spacial score (nSPS) is 12.8. The number of thioether (sulfide) groups is 1. The van der Waals surface area contributed by atoms with Gasteiger partial charge >= 0.3 is 5.97 Å². The average molecular weight is 574 g/mol. The third kappa shape index (κ3) is 11.7. The number of phenolic OH excluding ortho intramolecular Hbond substituents is 1. The Balaban J connectivity index is 1.88. The van der Waals surface area contributed by atoms with Crippen LogP contribution in [0, 0.1) is 0 Å². The maximum absolute atomic E-state index is 12.9. The lowest BCUT2D eigenvalue weighted by Crippen LogP contribution is -2.54. The van der Waals surface area contributed by atoms with E-state index in [-0.39, 0.29) is 25.0 Å². The molecule has 12 nitrogen and oxygen atoms in total. The number of phenols is 1. The van der Waals surface area contributed by atoms with Gasteiger partial charge in [-0.05, 0) is 48.1 Å². The first-order valence-electron chi connectivity index (χ1n) is 12.5. The van der Waals surface area contributed by atoms with Crippen molar-refractivity contribution >= 4 is 41.4 Å². The van der Waals surface area contributed by atoms with Crippen LogP contribution in [0.5, 0.6) is 5.75 Å². The molecule has 0 radical (unpaired) electrons. The Hall–Kier alpha value is -4.10. The van der Waals surface area contributed by atoms with Crippen LogP contribution in [0.3, 0.4) is 0 Å². The summed E-state index contributed by atoms with van der Waals surface area (Å²) in [5, 5.41) is 28.6. The molecule has 0 bridgehead atoms. The Kier molecular flexibility index (Phi) is 13.5. The number of nitrogens with two attached hydrogens (primary N) is 1. The number of carboxylic acid groups (broad SMARTS) is 1. The van der Waals surface area contributed by atoms with Crippen LogP contribution in [0.4, 0.5) is 0 Å². The van der Waals surface area contributed by atoms with E-state index in [4.69, 9.17) is 5.73 Å². The minimum absolute atomic E-state index is 0.0881. The van der Waals surface area contributed by atoms with Crippen molar-refractivity contribution in [3.05, 3.63) is 65.7 Å². The summed E-state index contributed by atoms with van der Waals surface area (Å²) in [7, 11) is 0. The van der Waals surface area contributed by atoms with Gasteiger partial charge in [0.1, 0.15) is 17.8 Å². The number of carboxylic acids is 1. The number of benzene rings is 2. The van der Waals surface area contributed by atoms with Crippen LogP contribution in [0.15, 0.2) is 54.6 Å². The molecule has 8 N–H and O–H groups in total. The first-order chi connectivity index (χ1) is 19.1. The number of carbonyl (C=O) groups excluding carboxylic acids is 4. The van der Waals surface area contributed by atoms with Gasteiger partial charge in [0.15, 0.2) is 0 Å². The second-order valence-corrected chi connectivity index (χ2v) is 9.95. The number of nitrogens with one attached hydrogen (secondary N) is 4. The molecule has 4 amide bonds. The van der Waals surface area contributed by atoms with Gasteiger partial charge in [-0.1, -0.05) is 42.5 Å². The van der Waals surface area contributed by atoms with Crippen molar-refractivity contribution in [1.29, 1.82) is 0 Å². The summed E-state index contributed by atoms with van der Waals surface area (Å²) in [6.45, 7) is -0.888. The predicted octanol–water partition coefficient (Wildman–Crippen LogP) is -0.456. The predicted molar refractivity (Wildman–Crippen MR) is 150 cm³/mol. The molecule has 0 unspecified atom stereocenters. The number of rotatable bonds is 16. The quantitative estimate of drug-likeness (QED) is 0.139. The lowest BCUT2D eigenvalue weighted by molar-refractivity contribution is -0.142. The maximum atomic E-state index is 12.9. The Labute approximate surface area is 236 Å². The fourth-order valence-electron chi connectivity index (χ4n) is 3.59. The number of hydrogen-bond acceptors (Lipinski definition) is 8. The number of aliphatic carboxylic acids is 1. The molecule has 3 atom stereocenters. The Morgan fingerprint density at radius 2 is 1.43 bits per heavy atom. The zero-order valence-electron chi connectivity index (χ0n) is 22.1. The SMILES string of the molecule is CSCC[C@@H](NC(=O)[C@@H](Cc1ccccc1)NC(=O)CNC(=O)CNC(=O)[C@@H](N)Cc1ccc(O)cc1)C(=O)O. The van der Waals surface area contributed by atoms with Gasteiger partial charge in [-0.3, -0.25) is 19.2 Å². The minimum atomic E-state index is -1.18. The highest BCUT2D eigenvalue weighted by molar-refractivity contribution is 7.98. The molecule has 2 aromatic carbocycles. The van der Waals surface area contributed by atoms with Gasteiger partial charge in [-0.15, -0.1) is 0 Å². The molecule has 0 aliphatic carbocycles. The van der Waals surface area contributed by atoms with E-state index in [0.717, 1.165) is 11.1 Å². The van der Waals surface area contributed by atoms with E-state index in [2.05, 4.69) is 21.3 Å². The van der Waals surface area contributed by atoms with Crippen molar-refractivity contribution in [2.45, 2.75) is 37.4 Å². The lowest BCUT2D eigenvalue weighted by Gasteiger charge is -2.22. The zero-order chi connectivity index (χ0) is 29.5. The fourth-order valence-corrected chi connectivity index (χ4v) is 4.06. The van der Waals surface area contributed by atoms with Crippen molar-refractivity contribution in [2.75, 3.05) is 25.1 Å². The standard InChI is InChI=1S/C27H35N5O7S/c1-40-12-11-21(27(38)39)32-26(37)22(14-17-5-3-2-4-6-17)31-24(35)16-29-23(34)15-30-25(36)20(28)13-18-7-9-19(33)10-8-18/h2-10,20-22,33H,11-16,28H2,1H3,(H,29,34)(H,30,36)(H,31,35)(H,32,37)(H,38,39)/t20-,21+,22+/m0/s1. The van der Waals surface area contributed by atoms with Crippen molar-refractivity contribution < 1.29 is 34.2 Å². The van der Waals surface area contributed by atoms with Crippen molar-refractivity contribution in [2.24, 2.45) is 5.73 Å². The first kappa shape index (κ1) is 32.1. The Morgan fingerprint density at radius 3 is 2.05 bits per heavy atom. The summed E-state index contributed by atoms with van der Waals surface area (Å²) >= 11 is 1.45. The largest absolute Gasteiger partial charge is 0.508 e.